The fourth-order valence-corrected chi connectivity index (χ4v) is 4.80. The number of benzene rings is 1. The summed E-state index contributed by atoms with van der Waals surface area (Å²) in [5, 5.41) is 10.5. The highest BCUT2D eigenvalue weighted by molar-refractivity contribution is 5.27. The molecule has 4 rings (SSSR count). The Hall–Kier alpha value is -0.820. The second-order valence-corrected chi connectivity index (χ2v) is 6.42. The van der Waals surface area contributed by atoms with E-state index in [1.807, 2.05) is 0 Å². The minimum absolute atomic E-state index is 0.200. The van der Waals surface area contributed by atoms with Crippen molar-refractivity contribution in [2.24, 2.45) is 29.6 Å². The molecule has 3 saturated carbocycles. The molecule has 90 valence electrons. The zero-order chi connectivity index (χ0) is 11.6. The standard InChI is InChI=1S/C16H20O/c1-9-2-4-10(5-3-9)16(17)15-13-11-6-7-12(8-11)14(13)15/h2-5,11-17H,6-8H2,1H3. The molecule has 17 heavy (non-hydrogen) atoms. The SMILES string of the molecule is Cc1ccc(C(O)C2C3C4CCC(C4)C32)cc1. The molecule has 0 spiro atoms. The number of rotatable bonds is 2. The molecule has 0 aliphatic heterocycles. The maximum Gasteiger partial charge on any atom is 0.0823 e. The van der Waals surface area contributed by atoms with Crippen molar-refractivity contribution in [2.75, 3.05) is 0 Å². The van der Waals surface area contributed by atoms with Crippen molar-refractivity contribution in [2.45, 2.75) is 32.3 Å². The van der Waals surface area contributed by atoms with Crippen molar-refractivity contribution in [3.8, 4) is 0 Å². The van der Waals surface area contributed by atoms with Gasteiger partial charge in [0.1, 0.15) is 0 Å². The van der Waals surface area contributed by atoms with Crippen LogP contribution in [0.3, 0.4) is 0 Å². The van der Waals surface area contributed by atoms with Crippen LogP contribution in [-0.2, 0) is 0 Å². The van der Waals surface area contributed by atoms with E-state index >= 15 is 0 Å². The fraction of sp³-hybridized carbons (Fsp3) is 0.625. The third-order valence-corrected chi connectivity index (χ3v) is 5.58. The summed E-state index contributed by atoms with van der Waals surface area (Å²) < 4.78 is 0. The van der Waals surface area contributed by atoms with Gasteiger partial charge in [0.05, 0.1) is 6.10 Å². The van der Waals surface area contributed by atoms with E-state index in [1.54, 1.807) is 0 Å². The highest BCUT2D eigenvalue weighted by atomic mass is 16.3. The Labute approximate surface area is 103 Å². The van der Waals surface area contributed by atoms with Crippen LogP contribution in [0.15, 0.2) is 24.3 Å². The number of hydrogen-bond acceptors (Lipinski definition) is 1. The molecule has 1 heteroatoms. The molecule has 5 unspecified atom stereocenters. The first kappa shape index (κ1) is 10.1. The second-order valence-electron chi connectivity index (χ2n) is 6.42. The average Bonchev–Trinajstić information content (AvgIpc) is 2.77. The van der Waals surface area contributed by atoms with Gasteiger partial charge in [0.15, 0.2) is 0 Å². The second kappa shape index (κ2) is 3.35. The highest BCUT2D eigenvalue weighted by Gasteiger charge is 2.66. The van der Waals surface area contributed by atoms with Gasteiger partial charge in [-0.15, -0.1) is 0 Å². The molecule has 1 N–H and O–H groups in total. The summed E-state index contributed by atoms with van der Waals surface area (Å²) >= 11 is 0. The average molecular weight is 228 g/mol. The predicted molar refractivity (Wildman–Crippen MR) is 67.4 cm³/mol. The molecular formula is C16H20O. The van der Waals surface area contributed by atoms with E-state index in [4.69, 9.17) is 0 Å². The largest absolute Gasteiger partial charge is 0.388 e. The summed E-state index contributed by atoms with van der Waals surface area (Å²) in [6.45, 7) is 2.10. The maximum absolute atomic E-state index is 10.5. The first-order valence-corrected chi connectivity index (χ1v) is 7.00. The van der Waals surface area contributed by atoms with Gasteiger partial charge in [-0.2, -0.15) is 0 Å². The van der Waals surface area contributed by atoms with E-state index in [0.29, 0.717) is 5.92 Å². The molecule has 1 aromatic rings. The van der Waals surface area contributed by atoms with Crippen LogP contribution in [-0.4, -0.2) is 5.11 Å². The number of aliphatic hydroxyl groups excluding tert-OH is 1. The first-order valence-electron chi connectivity index (χ1n) is 7.00. The van der Waals surface area contributed by atoms with Crippen LogP contribution in [0.5, 0.6) is 0 Å². The Bertz CT molecular complexity index is 419. The van der Waals surface area contributed by atoms with E-state index in [1.165, 1.54) is 24.8 Å². The van der Waals surface area contributed by atoms with Gasteiger partial charge in [-0.1, -0.05) is 29.8 Å². The molecule has 1 nitrogen and oxygen atoms in total. The molecule has 0 aromatic heterocycles. The topological polar surface area (TPSA) is 20.2 Å². The first-order chi connectivity index (χ1) is 8.25. The van der Waals surface area contributed by atoms with Crippen LogP contribution < -0.4 is 0 Å². The van der Waals surface area contributed by atoms with Crippen LogP contribution in [0.1, 0.15) is 36.5 Å². The van der Waals surface area contributed by atoms with Crippen LogP contribution in [0.25, 0.3) is 0 Å². The lowest BCUT2D eigenvalue weighted by molar-refractivity contribution is 0.130. The number of aliphatic hydroxyl groups is 1. The minimum Gasteiger partial charge on any atom is -0.388 e. The summed E-state index contributed by atoms with van der Waals surface area (Å²) in [4.78, 5) is 0. The Morgan fingerprint density at radius 2 is 1.65 bits per heavy atom. The Morgan fingerprint density at radius 3 is 2.24 bits per heavy atom. The monoisotopic (exact) mass is 228 g/mol. The smallest absolute Gasteiger partial charge is 0.0823 e. The van der Waals surface area contributed by atoms with Crippen molar-refractivity contribution in [1.29, 1.82) is 0 Å². The highest BCUT2D eigenvalue weighted by Crippen LogP contribution is 2.72. The summed E-state index contributed by atoms with van der Waals surface area (Å²) in [5.74, 6) is 4.23. The van der Waals surface area contributed by atoms with Crippen molar-refractivity contribution in [3.63, 3.8) is 0 Å². The molecule has 3 aliphatic rings. The molecular weight excluding hydrogens is 208 g/mol. The van der Waals surface area contributed by atoms with E-state index in [2.05, 4.69) is 31.2 Å². The van der Waals surface area contributed by atoms with E-state index < -0.39 is 0 Å². The zero-order valence-corrected chi connectivity index (χ0v) is 10.3. The van der Waals surface area contributed by atoms with Gasteiger partial charge >= 0.3 is 0 Å². The minimum atomic E-state index is -0.200. The number of aryl methyl sites for hydroxylation is 1. The summed E-state index contributed by atoms with van der Waals surface area (Å²) in [5.41, 5.74) is 2.41. The fourth-order valence-electron chi connectivity index (χ4n) is 4.80. The number of fused-ring (bicyclic) bond motifs is 5. The Balaban J connectivity index is 1.55. The van der Waals surface area contributed by atoms with Gasteiger partial charge in [-0.25, -0.2) is 0 Å². The van der Waals surface area contributed by atoms with Crippen molar-refractivity contribution >= 4 is 0 Å². The summed E-state index contributed by atoms with van der Waals surface area (Å²) in [6.07, 6.45) is 4.13. The van der Waals surface area contributed by atoms with Crippen LogP contribution in [0.2, 0.25) is 0 Å². The summed E-state index contributed by atoms with van der Waals surface area (Å²) in [6, 6.07) is 8.45. The molecule has 5 atom stereocenters. The van der Waals surface area contributed by atoms with Crippen LogP contribution in [0, 0.1) is 36.5 Å². The Kier molecular flexibility index (Phi) is 2.00. The van der Waals surface area contributed by atoms with Gasteiger partial charge in [0, 0.05) is 0 Å². The molecule has 0 amide bonds. The lowest BCUT2D eigenvalue weighted by Crippen LogP contribution is -2.08. The Morgan fingerprint density at radius 1 is 1.06 bits per heavy atom. The quantitative estimate of drug-likeness (QED) is 0.823. The lowest BCUT2D eigenvalue weighted by atomic mass is 9.94. The lowest BCUT2D eigenvalue weighted by Gasteiger charge is -2.15. The molecule has 0 saturated heterocycles. The normalized spacial score (nSPS) is 43.5. The molecule has 2 bridgehead atoms. The van der Waals surface area contributed by atoms with Gasteiger partial charge in [0.25, 0.3) is 0 Å². The molecule has 1 aromatic carbocycles. The number of hydrogen-bond donors (Lipinski definition) is 1. The van der Waals surface area contributed by atoms with Gasteiger partial charge in [-0.3, -0.25) is 0 Å². The molecule has 0 heterocycles. The summed E-state index contributed by atoms with van der Waals surface area (Å²) in [7, 11) is 0. The van der Waals surface area contributed by atoms with E-state index in [-0.39, 0.29) is 6.10 Å². The van der Waals surface area contributed by atoms with Gasteiger partial charge in [-0.05, 0) is 61.3 Å². The van der Waals surface area contributed by atoms with Crippen LogP contribution in [0.4, 0.5) is 0 Å². The zero-order valence-electron chi connectivity index (χ0n) is 10.3. The van der Waals surface area contributed by atoms with Crippen molar-refractivity contribution < 1.29 is 5.11 Å². The molecule has 3 fully saturated rings. The van der Waals surface area contributed by atoms with Crippen LogP contribution >= 0.6 is 0 Å². The van der Waals surface area contributed by atoms with Crippen molar-refractivity contribution in [1.82, 2.24) is 0 Å². The molecule has 3 aliphatic carbocycles. The maximum atomic E-state index is 10.5. The van der Waals surface area contributed by atoms with Gasteiger partial charge in [0.2, 0.25) is 0 Å². The third-order valence-electron chi connectivity index (χ3n) is 5.58. The van der Waals surface area contributed by atoms with Crippen molar-refractivity contribution in [3.05, 3.63) is 35.4 Å². The predicted octanol–water partition coefficient (Wildman–Crippen LogP) is 3.32. The molecule has 0 radical (unpaired) electrons. The van der Waals surface area contributed by atoms with E-state index in [0.717, 1.165) is 29.2 Å². The van der Waals surface area contributed by atoms with E-state index in [9.17, 15) is 5.11 Å². The third kappa shape index (κ3) is 1.35. The van der Waals surface area contributed by atoms with Gasteiger partial charge < -0.3 is 5.11 Å².